The molecule has 1 aliphatic rings. The van der Waals surface area contributed by atoms with E-state index in [1.165, 1.54) is 148 Å². The smallest absolute Gasteiger partial charge is 0.457 e. The molecule has 6 N–H and O–H groups in total. The highest BCUT2D eigenvalue weighted by Gasteiger charge is 2.51. The molecule has 12 nitrogen and oxygen atoms in total. The van der Waals surface area contributed by atoms with Crippen LogP contribution in [0.3, 0.4) is 0 Å². The second kappa shape index (κ2) is 36.0. The number of hydrogen-bond donors (Lipinski definition) is 6. The molecule has 0 aliphatic heterocycles. The van der Waals surface area contributed by atoms with Gasteiger partial charge in [0.2, 0.25) is 0 Å². The first-order valence-electron chi connectivity index (χ1n) is 23.4. The first-order valence-corrected chi connectivity index (χ1v) is 24.9. The summed E-state index contributed by atoms with van der Waals surface area (Å²) in [5.74, 6) is -0.471. The summed E-state index contributed by atoms with van der Waals surface area (Å²) < 4.78 is 34.2. The maximum Gasteiger partial charge on any atom is 0.472 e. The molecule has 1 saturated carbocycles. The lowest BCUT2D eigenvalue weighted by atomic mass is 9.85. The first kappa shape index (κ1) is 54.4. The van der Waals surface area contributed by atoms with Crippen LogP contribution in [0.5, 0.6) is 0 Å². The van der Waals surface area contributed by atoms with E-state index in [0.717, 1.165) is 38.5 Å². The molecule has 13 heteroatoms. The van der Waals surface area contributed by atoms with Crippen molar-refractivity contribution in [1.82, 2.24) is 0 Å². The Kier molecular flexibility index (Phi) is 34.4. The van der Waals surface area contributed by atoms with E-state index in [-0.39, 0.29) is 13.0 Å². The van der Waals surface area contributed by atoms with Crippen molar-refractivity contribution in [2.75, 3.05) is 19.8 Å². The minimum atomic E-state index is -5.01. The van der Waals surface area contributed by atoms with Gasteiger partial charge in [-0.15, -0.1) is 0 Å². The molecule has 340 valence electrons. The number of hydrogen-bond acceptors (Lipinski definition) is 11. The molecule has 1 rings (SSSR count). The highest BCUT2D eigenvalue weighted by molar-refractivity contribution is 7.47. The van der Waals surface area contributed by atoms with E-state index in [0.29, 0.717) is 13.0 Å². The van der Waals surface area contributed by atoms with Crippen LogP contribution in [0, 0.1) is 0 Å². The highest BCUT2D eigenvalue weighted by atomic mass is 31.2. The van der Waals surface area contributed by atoms with Crippen LogP contribution in [0.1, 0.15) is 213 Å². The summed E-state index contributed by atoms with van der Waals surface area (Å²) in [6.45, 7) is 4.29. The van der Waals surface area contributed by atoms with E-state index in [4.69, 9.17) is 18.5 Å². The summed E-state index contributed by atoms with van der Waals surface area (Å²) >= 11 is 0. The molecule has 57 heavy (non-hydrogen) atoms. The first-order chi connectivity index (χ1) is 27.5. The van der Waals surface area contributed by atoms with Crippen LogP contribution >= 0.6 is 7.82 Å². The molecular formula is C44H87O12P. The van der Waals surface area contributed by atoms with Crippen molar-refractivity contribution in [3.8, 4) is 0 Å². The maximum absolute atomic E-state index is 12.8. The van der Waals surface area contributed by atoms with Crippen molar-refractivity contribution in [2.45, 2.75) is 256 Å². The van der Waals surface area contributed by atoms with Gasteiger partial charge in [0.25, 0.3) is 0 Å². The van der Waals surface area contributed by atoms with Gasteiger partial charge in [0.05, 0.1) is 13.2 Å². The molecule has 6 atom stereocenters. The standard InChI is InChI=1S/C44H87O12P/c1-3-5-7-9-11-13-15-17-19-21-23-25-27-29-31-33-38(45)55-37(36-54-57(51,52)56-44-42(49)40(47)39(46)41(48)43(44)50)35-53-34-32-30-28-26-24-22-20-18-16-14-12-10-8-6-4-2/h37,39-44,46-50H,3-36H2,1-2H3,(H,51,52). The SMILES string of the molecule is CCCCCCCCCCCCCCCCCOCC(COP(=O)(O)OC1C(O)C(O)C(O)C(O)C1O)OC(=O)CCCCCCCCCCCCCCCCC. The number of carbonyl (C=O) groups is 1. The minimum absolute atomic E-state index is 0.0680. The fourth-order valence-electron chi connectivity index (χ4n) is 7.47. The Morgan fingerprint density at radius 1 is 0.491 bits per heavy atom. The number of aliphatic hydroxyl groups is 5. The number of ether oxygens (including phenoxy) is 2. The Hall–Kier alpha value is -0.660. The van der Waals surface area contributed by atoms with E-state index in [1.54, 1.807) is 0 Å². The average molecular weight is 839 g/mol. The van der Waals surface area contributed by atoms with Crippen molar-refractivity contribution in [2.24, 2.45) is 0 Å². The van der Waals surface area contributed by atoms with Gasteiger partial charge in [0, 0.05) is 13.0 Å². The molecule has 0 saturated heterocycles. The Bertz CT molecular complexity index is 958. The number of rotatable bonds is 40. The summed E-state index contributed by atoms with van der Waals surface area (Å²) in [5.41, 5.74) is 0. The quantitative estimate of drug-likeness (QED) is 0.0195. The van der Waals surface area contributed by atoms with Gasteiger partial charge in [-0.05, 0) is 12.8 Å². The lowest BCUT2D eigenvalue weighted by molar-refractivity contribution is -0.220. The molecule has 0 radical (unpaired) electrons. The fourth-order valence-corrected chi connectivity index (χ4v) is 8.45. The fraction of sp³-hybridized carbons (Fsp3) is 0.977. The van der Waals surface area contributed by atoms with E-state index in [9.17, 15) is 39.8 Å². The Labute approximate surface area is 346 Å². The molecule has 0 bridgehead atoms. The van der Waals surface area contributed by atoms with Crippen LogP contribution in [0.15, 0.2) is 0 Å². The van der Waals surface area contributed by atoms with Gasteiger partial charge in [-0.1, -0.05) is 194 Å². The van der Waals surface area contributed by atoms with Crippen LogP contribution in [0.25, 0.3) is 0 Å². The van der Waals surface area contributed by atoms with Crippen LogP contribution in [0.4, 0.5) is 0 Å². The van der Waals surface area contributed by atoms with Gasteiger partial charge in [-0.2, -0.15) is 0 Å². The lowest BCUT2D eigenvalue weighted by Gasteiger charge is -2.41. The third kappa shape index (κ3) is 28.5. The Morgan fingerprint density at radius 3 is 1.21 bits per heavy atom. The van der Waals surface area contributed by atoms with E-state index in [1.807, 2.05) is 0 Å². The monoisotopic (exact) mass is 839 g/mol. The topological polar surface area (TPSA) is 192 Å². The van der Waals surface area contributed by atoms with Crippen LogP contribution in [-0.4, -0.2) is 98.9 Å². The van der Waals surface area contributed by atoms with Crippen LogP contribution < -0.4 is 0 Å². The number of carbonyl (C=O) groups excluding carboxylic acids is 1. The van der Waals surface area contributed by atoms with Crippen molar-refractivity contribution >= 4 is 13.8 Å². The summed E-state index contributed by atoms with van der Waals surface area (Å²) in [6, 6.07) is 0. The van der Waals surface area contributed by atoms with Crippen molar-refractivity contribution in [1.29, 1.82) is 0 Å². The number of unbranched alkanes of at least 4 members (excludes halogenated alkanes) is 28. The number of phosphoric acid groups is 1. The zero-order valence-corrected chi connectivity index (χ0v) is 37.1. The van der Waals surface area contributed by atoms with Gasteiger partial charge in [-0.25, -0.2) is 4.57 Å². The average Bonchev–Trinajstić information content (AvgIpc) is 3.19. The largest absolute Gasteiger partial charge is 0.472 e. The summed E-state index contributed by atoms with van der Waals surface area (Å²) in [6.07, 6.45) is 24.5. The van der Waals surface area contributed by atoms with E-state index in [2.05, 4.69) is 13.8 Å². The third-order valence-electron chi connectivity index (χ3n) is 11.2. The molecular weight excluding hydrogens is 751 g/mol. The van der Waals surface area contributed by atoms with Gasteiger partial charge in [0.15, 0.2) is 0 Å². The minimum Gasteiger partial charge on any atom is -0.457 e. The highest BCUT2D eigenvalue weighted by Crippen LogP contribution is 2.47. The summed E-state index contributed by atoms with van der Waals surface area (Å²) in [4.78, 5) is 23.1. The zero-order valence-electron chi connectivity index (χ0n) is 36.2. The normalized spacial score (nSPS) is 22.7. The number of esters is 1. The molecule has 0 spiro atoms. The Balaban J connectivity index is 2.38. The third-order valence-corrected chi connectivity index (χ3v) is 12.2. The number of aliphatic hydroxyl groups excluding tert-OH is 5. The van der Waals surface area contributed by atoms with E-state index >= 15 is 0 Å². The predicted octanol–water partition coefficient (Wildman–Crippen LogP) is 9.37. The van der Waals surface area contributed by atoms with Crippen molar-refractivity contribution in [3.63, 3.8) is 0 Å². The van der Waals surface area contributed by atoms with Crippen LogP contribution in [0.2, 0.25) is 0 Å². The molecule has 6 unspecified atom stereocenters. The van der Waals surface area contributed by atoms with Crippen molar-refractivity contribution < 1.29 is 58.3 Å². The molecule has 0 amide bonds. The maximum atomic E-state index is 12.8. The summed E-state index contributed by atoms with van der Waals surface area (Å²) in [7, 11) is -5.01. The number of phosphoric ester groups is 1. The summed E-state index contributed by atoms with van der Waals surface area (Å²) in [5, 5.41) is 50.1. The second-order valence-corrected chi connectivity index (χ2v) is 18.0. The van der Waals surface area contributed by atoms with Gasteiger partial charge >= 0.3 is 13.8 Å². The molecule has 0 aromatic carbocycles. The van der Waals surface area contributed by atoms with Gasteiger partial charge in [-0.3, -0.25) is 13.8 Å². The zero-order chi connectivity index (χ0) is 42.0. The molecule has 1 aliphatic carbocycles. The molecule has 0 aromatic heterocycles. The molecule has 0 aromatic rings. The van der Waals surface area contributed by atoms with Crippen molar-refractivity contribution in [3.05, 3.63) is 0 Å². The molecule has 1 fully saturated rings. The Morgan fingerprint density at radius 2 is 0.825 bits per heavy atom. The lowest BCUT2D eigenvalue weighted by Crippen LogP contribution is -2.64. The second-order valence-electron chi connectivity index (χ2n) is 16.6. The molecule has 0 heterocycles. The van der Waals surface area contributed by atoms with Crippen LogP contribution in [-0.2, 0) is 27.9 Å². The van der Waals surface area contributed by atoms with Gasteiger partial charge in [0.1, 0.15) is 42.7 Å². The van der Waals surface area contributed by atoms with Gasteiger partial charge < -0.3 is 39.9 Å². The predicted molar refractivity (Wildman–Crippen MR) is 226 cm³/mol. The van der Waals surface area contributed by atoms with E-state index < -0.39 is 63.1 Å².